The van der Waals surface area contributed by atoms with Gasteiger partial charge in [0.2, 0.25) is 0 Å². The molecule has 1 saturated carbocycles. The maximum Gasteiger partial charge on any atom is 0.0351 e. The third kappa shape index (κ3) is 1.59. The summed E-state index contributed by atoms with van der Waals surface area (Å²) < 4.78 is 0. The molecule has 1 heteroatoms. The molecule has 1 atom stereocenters. The van der Waals surface area contributed by atoms with Crippen LogP contribution in [0.15, 0.2) is 18.2 Å². The van der Waals surface area contributed by atoms with E-state index in [1.807, 2.05) is 0 Å². The van der Waals surface area contributed by atoms with E-state index in [2.05, 4.69) is 30.4 Å². The lowest BCUT2D eigenvalue weighted by atomic mass is 9.87. The monoisotopic (exact) mass is 201 g/mol. The first-order valence-corrected chi connectivity index (χ1v) is 6.24. The number of aryl methyl sites for hydroxylation is 1. The standard InChI is InChI=1S/C14H19N/c1-2-10-4-3-5-13-12(10)8-9-15-14(13)11-6-7-11/h3-5,11,14-15H,2,6-9H2,1H3. The first-order valence-electron chi connectivity index (χ1n) is 6.24. The Morgan fingerprint density at radius 2 is 2.20 bits per heavy atom. The molecule has 0 saturated heterocycles. The fourth-order valence-electron chi connectivity index (χ4n) is 2.89. The van der Waals surface area contributed by atoms with Crippen molar-refractivity contribution in [3.05, 3.63) is 34.9 Å². The van der Waals surface area contributed by atoms with Crippen molar-refractivity contribution < 1.29 is 0 Å². The van der Waals surface area contributed by atoms with Crippen LogP contribution < -0.4 is 5.32 Å². The van der Waals surface area contributed by atoms with Gasteiger partial charge in [-0.25, -0.2) is 0 Å². The summed E-state index contributed by atoms with van der Waals surface area (Å²) in [4.78, 5) is 0. The fraction of sp³-hybridized carbons (Fsp3) is 0.571. The minimum absolute atomic E-state index is 0.667. The average molecular weight is 201 g/mol. The Balaban J connectivity index is 2.03. The molecule has 1 unspecified atom stereocenters. The van der Waals surface area contributed by atoms with Crippen LogP contribution in [0.1, 0.15) is 42.5 Å². The van der Waals surface area contributed by atoms with Gasteiger partial charge in [0.05, 0.1) is 0 Å². The van der Waals surface area contributed by atoms with Gasteiger partial charge in [0.15, 0.2) is 0 Å². The molecule has 2 aliphatic rings. The van der Waals surface area contributed by atoms with Crippen molar-refractivity contribution in [2.75, 3.05) is 6.54 Å². The van der Waals surface area contributed by atoms with Gasteiger partial charge in [-0.3, -0.25) is 0 Å². The number of nitrogens with one attached hydrogen (secondary N) is 1. The van der Waals surface area contributed by atoms with Gasteiger partial charge < -0.3 is 5.32 Å². The maximum atomic E-state index is 3.69. The van der Waals surface area contributed by atoms with Crippen LogP contribution >= 0.6 is 0 Å². The van der Waals surface area contributed by atoms with E-state index in [4.69, 9.17) is 0 Å². The molecule has 1 aromatic carbocycles. The van der Waals surface area contributed by atoms with Crippen molar-refractivity contribution in [3.8, 4) is 0 Å². The van der Waals surface area contributed by atoms with Crippen molar-refractivity contribution in [2.24, 2.45) is 5.92 Å². The maximum absolute atomic E-state index is 3.69. The van der Waals surface area contributed by atoms with Gasteiger partial charge in [-0.15, -0.1) is 0 Å². The third-order valence-electron chi connectivity index (χ3n) is 3.86. The van der Waals surface area contributed by atoms with Gasteiger partial charge in [-0.1, -0.05) is 25.1 Å². The van der Waals surface area contributed by atoms with Crippen molar-refractivity contribution in [2.45, 2.75) is 38.6 Å². The molecule has 80 valence electrons. The molecule has 1 heterocycles. The molecule has 0 bridgehead atoms. The highest BCUT2D eigenvalue weighted by molar-refractivity contribution is 5.40. The molecule has 0 radical (unpaired) electrons. The number of hydrogen-bond donors (Lipinski definition) is 1. The van der Waals surface area contributed by atoms with E-state index in [9.17, 15) is 0 Å². The van der Waals surface area contributed by atoms with Crippen molar-refractivity contribution in [3.63, 3.8) is 0 Å². The zero-order valence-electron chi connectivity index (χ0n) is 9.42. The van der Waals surface area contributed by atoms with Gasteiger partial charge in [0, 0.05) is 6.04 Å². The number of rotatable bonds is 2. The minimum atomic E-state index is 0.667. The summed E-state index contributed by atoms with van der Waals surface area (Å²) in [7, 11) is 0. The van der Waals surface area contributed by atoms with E-state index in [0.29, 0.717) is 6.04 Å². The third-order valence-corrected chi connectivity index (χ3v) is 3.86. The predicted octanol–water partition coefficient (Wildman–Crippen LogP) is 2.85. The summed E-state index contributed by atoms with van der Waals surface area (Å²) >= 11 is 0. The molecule has 0 aromatic heterocycles. The predicted molar refractivity (Wildman–Crippen MR) is 63.0 cm³/mol. The van der Waals surface area contributed by atoms with Crippen LogP contribution in [-0.2, 0) is 12.8 Å². The van der Waals surface area contributed by atoms with Crippen molar-refractivity contribution in [1.29, 1.82) is 0 Å². The lowest BCUT2D eigenvalue weighted by Gasteiger charge is -2.28. The topological polar surface area (TPSA) is 12.0 Å². The van der Waals surface area contributed by atoms with E-state index in [-0.39, 0.29) is 0 Å². The molecular weight excluding hydrogens is 182 g/mol. The van der Waals surface area contributed by atoms with E-state index in [0.717, 1.165) is 5.92 Å². The Morgan fingerprint density at radius 1 is 1.33 bits per heavy atom. The first-order chi connectivity index (χ1) is 7.40. The first kappa shape index (κ1) is 9.41. The van der Waals surface area contributed by atoms with Gasteiger partial charge >= 0.3 is 0 Å². The Bertz CT molecular complexity index is 366. The zero-order chi connectivity index (χ0) is 10.3. The summed E-state index contributed by atoms with van der Waals surface area (Å²) in [6, 6.07) is 7.54. The second-order valence-corrected chi connectivity index (χ2v) is 4.86. The van der Waals surface area contributed by atoms with Crippen LogP contribution in [-0.4, -0.2) is 6.54 Å². The summed E-state index contributed by atoms with van der Waals surface area (Å²) in [6.07, 6.45) is 5.25. The molecule has 1 aliphatic carbocycles. The number of fused-ring (bicyclic) bond motifs is 1. The van der Waals surface area contributed by atoms with Crippen LogP contribution in [0.5, 0.6) is 0 Å². The second kappa shape index (κ2) is 3.64. The highest BCUT2D eigenvalue weighted by Gasteiger charge is 2.34. The normalized spacial score (nSPS) is 25.0. The lowest BCUT2D eigenvalue weighted by molar-refractivity contribution is 0.456. The zero-order valence-corrected chi connectivity index (χ0v) is 9.42. The smallest absolute Gasteiger partial charge is 0.0351 e. The SMILES string of the molecule is CCc1cccc2c1CCNC2C1CC1. The summed E-state index contributed by atoms with van der Waals surface area (Å²) in [5.74, 6) is 0.927. The summed E-state index contributed by atoms with van der Waals surface area (Å²) in [5.41, 5.74) is 4.82. The molecule has 1 fully saturated rings. The molecular formula is C14H19N. The van der Waals surface area contributed by atoms with Crippen LogP contribution in [0.3, 0.4) is 0 Å². The molecule has 3 rings (SSSR count). The molecule has 15 heavy (non-hydrogen) atoms. The molecule has 1 aliphatic heterocycles. The van der Waals surface area contributed by atoms with Gasteiger partial charge in [-0.05, 0) is 54.8 Å². The summed E-state index contributed by atoms with van der Waals surface area (Å²) in [6.45, 7) is 3.44. The quantitative estimate of drug-likeness (QED) is 0.776. The van der Waals surface area contributed by atoms with Crippen molar-refractivity contribution >= 4 is 0 Å². The van der Waals surface area contributed by atoms with Crippen molar-refractivity contribution in [1.82, 2.24) is 5.32 Å². The minimum Gasteiger partial charge on any atom is -0.309 e. The van der Waals surface area contributed by atoms with Crippen LogP contribution in [0.4, 0.5) is 0 Å². The van der Waals surface area contributed by atoms with Gasteiger partial charge in [-0.2, -0.15) is 0 Å². The number of hydrogen-bond acceptors (Lipinski definition) is 1. The van der Waals surface area contributed by atoms with E-state index in [1.54, 1.807) is 16.7 Å². The number of benzene rings is 1. The molecule has 0 spiro atoms. The van der Waals surface area contributed by atoms with E-state index in [1.165, 1.54) is 32.2 Å². The molecule has 1 aromatic rings. The summed E-state index contributed by atoms with van der Waals surface area (Å²) in [5, 5.41) is 3.69. The average Bonchev–Trinajstić information content (AvgIpc) is 3.11. The van der Waals surface area contributed by atoms with Crippen LogP contribution in [0.25, 0.3) is 0 Å². The van der Waals surface area contributed by atoms with Crippen LogP contribution in [0.2, 0.25) is 0 Å². The fourth-order valence-corrected chi connectivity index (χ4v) is 2.89. The Labute approximate surface area is 91.9 Å². The highest BCUT2D eigenvalue weighted by atomic mass is 14.9. The van der Waals surface area contributed by atoms with Gasteiger partial charge in [0.1, 0.15) is 0 Å². The Morgan fingerprint density at radius 3 is 2.93 bits per heavy atom. The largest absolute Gasteiger partial charge is 0.309 e. The molecule has 1 N–H and O–H groups in total. The van der Waals surface area contributed by atoms with E-state index < -0.39 is 0 Å². The van der Waals surface area contributed by atoms with E-state index >= 15 is 0 Å². The molecule has 1 nitrogen and oxygen atoms in total. The van der Waals surface area contributed by atoms with Gasteiger partial charge in [0.25, 0.3) is 0 Å². The highest BCUT2D eigenvalue weighted by Crippen LogP contribution is 2.43. The Kier molecular flexibility index (Phi) is 2.28. The van der Waals surface area contributed by atoms with Crippen LogP contribution in [0, 0.1) is 5.92 Å². The second-order valence-electron chi connectivity index (χ2n) is 4.86. The lowest BCUT2D eigenvalue weighted by Crippen LogP contribution is -2.31. The Hall–Kier alpha value is -0.820. The molecule has 0 amide bonds.